The average molecular weight is 1870 g/mol. The molecule has 0 atom stereocenters. The average Bonchev–Trinajstić information content (AvgIpc) is 1.60. The fourth-order valence-corrected chi connectivity index (χ4v) is 22.2. The van der Waals surface area contributed by atoms with Crippen molar-refractivity contribution in [2.75, 3.05) is 30.1 Å². The van der Waals surface area contributed by atoms with Crippen LogP contribution in [0, 0.1) is 0 Å². The summed E-state index contributed by atoms with van der Waals surface area (Å²) in [6.45, 7) is 2.92. The Bertz CT molecular complexity index is 7190. The number of hydrogen-bond acceptors (Lipinski definition) is 18. The van der Waals surface area contributed by atoms with Gasteiger partial charge in [0.15, 0.2) is 20.6 Å². The standard InChI is InChI=1S/C28H32N4O2S.C26H28N4O2S.C25H26N4O2S.C24H24N4O2S.CO2/c1-2-3-18-31-23-17-11-10-16-22(23)25-26(31)27(34)32(21-14-8-5-9-15-21)28(30-25)35-19-24(33)29-20-12-6-4-7-13-20;1-28(18-11-5-3-6-12-18)22(31)17-33-26-27-23-20-15-9-10-16-21(20)29(2)24(23)25(32)30(26)19-13-7-4-8-14-19;1-28-20-15-9-8-14-19(20)22-23(28)24(31)29(18-12-6-3-7-13-18)25(27-22)32-16-21(30)26-17-10-4-2-5-11-17;29-20(25-16-9-3-1-4-10-16)15-31-24-27-21-18-13-7-8-14-19(18)26-22(21)23(30)28(24)17-11-5-2-6-12-17;2-1-3/h5,8-11,14-17,20H,2-4,6-7,12-13,18-19H2,1H3,(H,29,33);4,7-10,13-16,18H,3,5-6,11-12,17H2,1-2H3;3,6-9,12-15,17H,2,4-5,10-11,16H2,1H3,(H,26,30);2,5-8,11-14,16,26H,1,3-4,9-10,15H2,(H,25,29);. The van der Waals surface area contributed by atoms with E-state index in [-0.39, 0.29) is 93.2 Å². The Morgan fingerprint density at radius 2 is 0.687 bits per heavy atom. The van der Waals surface area contributed by atoms with E-state index in [1.165, 1.54) is 124 Å². The Kier molecular flexibility index (Phi) is 31.5. The lowest BCUT2D eigenvalue weighted by Gasteiger charge is -2.31. The van der Waals surface area contributed by atoms with Crippen molar-refractivity contribution in [3.8, 4) is 22.7 Å². The number of thioether (sulfide) groups is 4. The number of rotatable bonds is 23. The fourth-order valence-electron chi connectivity index (χ4n) is 18.8. The Morgan fingerprint density at radius 3 is 1.07 bits per heavy atom. The first-order valence-corrected chi connectivity index (χ1v) is 50.4. The summed E-state index contributed by atoms with van der Waals surface area (Å²) in [7, 11) is 5.70. The number of aromatic amines is 1. The Morgan fingerprint density at radius 1 is 0.381 bits per heavy atom. The van der Waals surface area contributed by atoms with Gasteiger partial charge in [0.2, 0.25) is 23.6 Å². The van der Waals surface area contributed by atoms with Gasteiger partial charge in [-0.25, -0.2) is 19.9 Å². The fraction of sp³-hybridized carbons (Fsp3) is 0.337. The van der Waals surface area contributed by atoms with Gasteiger partial charge in [0.05, 0.1) is 62.3 Å². The van der Waals surface area contributed by atoms with Crippen LogP contribution in [0.25, 0.3) is 110 Å². The second-order valence-electron chi connectivity index (χ2n) is 34.4. The summed E-state index contributed by atoms with van der Waals surface area (Å²) >= 11 is 5.30. The van der Waals surface area contributed by atoms with Crippen molar-refractivity contribution in [2.45, 2.75) is 200 Å². The third kappa shape index (κ3) is 21.3. The second kappa shape index (κ2) is 44.8. The summed E-state index contributed by atoms with van der Waals surface area (Å²) in [4.78, 5) is 147. The number of nitrogens with zero attached hydrogens (tertiary/aromatic N) is 12. The molecule has 690 valence electrons. The molecule has 0 radical (unpaired) electrons. The minimum Gasteiger partial charge on any atom is -0.353 e. The molecule has 4 fully saturated rings. The van der Waals surface area contributed by atoms with Crippen molar-refractivity contribution >= 4 is 165 Å². The number of aryl methyl sites for hydroxylation is 3. The van der Waals surface area contributed by atoms with Crippen molar-refractivity contribution in [3.63, 3.8) is 0 Å². The molecule has 20 rings (SSSR count). The molecular formula is C104H110N16O10S4. The number of H-pyrrole nitrogens is 1. The van der Waals surface area contributed by atoms with Gasteiger partial charge < -0.3 is 39.5 Å². The lowest BCUT2D eigenvalue weighted by Crippen LogP contribution is -2.39. The van der Waals surface area contributed by atoms with Crippen LogP contribution < -0.4 is 38.2 Å². The van der Waals surface area contributed by atoms with Gasteiger partial charge in [0, 0.05) is 78.9 Å². The zero-order chi connectivity index (χ0) is 93.1. The number of fused-ring (bicyclic) bond motifs is 12. The van der Waals surface area contributed by atoms with Crippen molar-refractivity contribution in [3.05, 3.63) is 260 Å². The molecule has 4 aliphatic rings. The number of amides is 4. The number of carbonyl (C=O) groups is 4. The van der Waals surface area contributed by atoms with Crippen molar-refractivity contribution in [2.24, 2.45) is 14.1 Å². The number of para-hydroxylation sites is 8. The van der Waals surface area contributed by atoms with Gasteiger partial charge in [0.25, 0.3) is 22.2 Å². The molecule has 26 nitrogen and oxygen atoms in total. The first-order valence-electron chi connectivity index (χ1n) is 46.4. The van der Waals surface area contributed by atoms with Gasteiger partial charge in [0.1, 0.15) is 44.1 Å². The Balaban J connectivity index is 0.000000129. The van der Waals surface area contributed by atoms with Gasteiger partial charge in [-0.1, -0.05) is 283 Å². The summed E-state index contributed by atoms with van der Waals surface area (Å²) in [5.74, 6) is 1.01. The van der Waals surface area contributed by atoms with Crippen LogP contribution in [0.1, 0.15) is 148 Å². The van der Waals surface area contributed by atoms with Gasteiger partial charge in [-0.2, -0.15) is 9.59 Å². The highest BCUT2D eigenvalue weighted by molar-refractivity contribution is 8.00. The molecule has 0 saturated heterocycles. The Labute approximate surface area is 791 Å². The van der Waals surface area contributed by atoms with E-state index in [4.69, 9.17) is 29.5 Å². The highest BCUT2D eigenvalue weighted by Crippen LogP contribution is 2.36. The molecular weight excluding hydrogens is 1760 g/mol. The lowest BCUT2D eigenvalue weighted by molar-refractivity contribution is -0.191. The maximum atomic E-state index is 14.1. The smallest absolute Gasteiger partial charge is 0.353 e. The van der Waals surface area contributed by atoms with Gasteiger partial charge in [-0.15, -0.1) is 0 Å². The first-order chi connectivity index (χ1) is 65.5. The number of benzene rings is 8. The van der Waals surface area contributed by atoms with E-state index in [9.17, 15) is 38.4 Å². The molecule has 4 amide bonds. The maximum absolute atomic E-state index is 14.1. The predicted octanol–water partition coefficient (Wildman–Crippen LogP) is 18.7. The molecule has 134 heavy (non-hydrogen) atoms. The van der Waals surface area contributed by atoms with Crippen molar-refractivity contribution < 1.29 is 28.8 Å². The first kappa shape index (κ1) is 94.3. The molecule has 4 N–H and O–H groups in total. The maximum Gasteiger partial charge on any atom is 0.373 e. The normalized spacial score (nSPS) is 14.4. The second-order valence-corrected chi connectivity index (χ2v) is 38.2. The molecule has 0 aliphatic heterocycles. The zero-order valence-electron chi connectivity index (χ0n) is 75.8. The number of hydrogen-bond donors (Lipinski definition) is 4. The van der Waals surface area contributed by atoms with E-state index in [2.05, 4.69) is 38.5 Å². The molecule has 4 saturated carbocycles. The molecule has 0 unspecified atom stereocenters. The van der Waals surface area contributed by atoms with Gasteiger partial charge in [-0.3, -0.25) is 56.6 Å². The van der Waals surface area contributed by atoms with Gasteiger partial charge >= 0.3 is 6.15 Å². The third-order valence-corrected chi connectivity index (χ3v) is 29.3. The van der Waals surface area contributed by atoms with E-state index in [0.29, 0.717) is 70.8 Å². The summed E-state index contributed by atoms with van der Waals surface area (Å²) in [5.41, 5.74) is 11.2. The van der Waals surface area contributed by atoms with E-state index in [0.717, 1.165) is 137 Å². The summed E-state index contributed by atoms with van der Waals surface area (Å²) in [6.07, 6.45) is 25.1. The van der Waals surface area contributed by atoms with Gasteiger partial charge in [-0.05, 0) is 131 Å². The lowest BCUT2D eigenvalue weighted by atomic mass is 9.94. The van der Waals surface area contributed by atoms with Crippen LogP contribution in [0.4, 0.5) is 0 Å². The quantitative estimate of drug-likeness (QED) is 0.0341. The monoisotopic (exact) mass is 1870 g/mol. The SMILES string of the molecule is CCCCn1c2ccccc2c2nc(SCC(=O)NC3CCCCC3)n(-c3ccccc3)c(=O)c21.CN(C(=O)CSc1nc2c3ccccc3n(C)c2c(=O)n1-c1ccccc1)C1CCCCC1.Cn1c2ccccc2c2nc(SCC(=O)NC3CCCCC3)n(-c3ccccc3)c(=O)c21.O=C(CSc1nc2c([nH]c3ccccc32)c(=O)n1-c1ccccc1)NC1CCCCC1.O=C=O. The van der Waals surface area contributed by atoms with Crippen LogP contribution in [0.15, 0.2) is 258 Å². The van der Waals surface area contributed by atoms with Crippen LogP contribution in [0.3, 0.4) is 0 Å². The Hall–Kier alpha value is -12.9. The number of nitrogens with one attached hydrogen (secondary N) is 4. The summed E-state index contributed by atoms with van der Waals surface area (Å²) < 4.78 is 12.5. The van der Waals surface area contributed by atoms with Crippen LogP contribution in [0.2, 0.25) is 0 Å². The zero-order valence-corrected chi connectivity index (χ0v) is 79.0. The molecule has 16 aromatic rings. The number of aromatic nitrogens is 12. The third-order valence-electron chi connectivity index (χ3n) is 25.6. The van der Waals surface area contributed by atoms with Crippen LogP contribution in [0.5, 0.6) is 0 Å². The molecule has 8 heterocycles. The molecule has 30 heteroatoms. The number of unbranched alkanes of at least 4 members (excludes halogenated alkanes) is 1. The predicted molar refractivity (Wildman–Crippen MR) is 537 cm³/mol. The van der Waals surface area contributed by atoms with Crippen LogP contribution in [-0.4, -0.2) is 146 Å². The van der Waals surface area contributed by atoms with Crippen molar-refractivity contribution in [1.82, 2.24) is 77.7 Å². The van der Waals surface area contributed by atoms with Crippen LogP contribution in [-0.2, 0) is 49.4 Å². The highest BCUT2D eigenvalue weighted by Gasteiger charge is 2.29. The van der Waals surface area contributed by atoms with E-state index >= 15 is 0 Å². The number of carbonyl (C=O) groups excluding carboxylic acids is 6. The summed E-state index contributed by atoms with van der Waals surface area (Å²) in [5, 5.41) is 15.4. The molecule has 4 aliphatic carbocycles. The largest absolute Gasteiger partial charge is 0.373 e. The van der Waals surface area contributed by atoms with E-state index in [1.54, 1.807) is 18.3 Å². The van der Waals surface area contributed by atoms with E-state index < -0.39 is 0 Å². The molecule has 8 aromatic heterocycles. The van der Waals surface area contributed by atoms with Crippen LogP contribution >= 0.6 is 47.0 Å². The molecule has 0 spiro atoms. The topological polar surface area (TPSA) is 312 Å². The summed E-state index contributed by atoms with van der Waals surface area (Å²) in [6, 6.07) is 70.9. The van der Waals surface area contributed by atoms with Crippen molar-refractivity contribution in [1.29, 1.82) is 0 Å². The highest BCUT2D eigenvalue weighted by atomic mass is 32.2. The minimum atomic E-state index is -0.164. The van der Waals surface area contributed by atoms with E-state index in [1.807, 2.05) is 247 Å². The molecule has 0 bridgehead atoms. The minimum absolute atomic E-state index is 0.00114. The molecule has 8 aromatic carbocycles.